The van der Waals surface area contributed by atoms with Gasteiger partial charge in [-0.1, -0.05) is 0 Å². The average Bonchev–Trinajstić information content (AvgIpc) is 3.11. The van der Waals surface area contributed by atoms with Gasteiger partial charge in [-0.2, -0.15) is 0 Å². The lowest BCUT2D eigenvalue weighted by molar-refractivity contribution is -0.135. The molecule has 2 aromatic rings. The number of hydrogen-bond acceptors (Lipinski definition) is 10. The van der Waals surface area contributed by atoms with Crippen LogP contribution in [0.5, 0.6) is 0 Å². The molecule has 1 aliphatic heterocycles. The molecule has 24 heavy (non-hydrogen) atoms. The van der Waals surface area contributed by atoms with Gasteiger partial charge in [0.15, 0.2) is 17.7 Å². The second-order valence-corrected chi connectivity index (χ2v) is 4.91. The molecular weight excluding hydrogens is 324 g/mol. The number of aromatic nitrogens is 4. The predicted molar refractivity (Wildman–Crippen MR) is 79.4 cm³/mol. The van der Waals surface area contributed by atoms with Gasteiger partial charge in [0, 0.05) is 0 Å². The summed E-state index contributed by atoms with van der Waals surface area (Å²) in [6.45, 7) is -0.668. The van der Waals surface area contributed by atoms with Crippen molar-refractivity contribution in [3.05, 3.63) is 12.7 Å². The van der Waals surface area contributed by atoms with E-state index in [1.165, 1.54) is 17.2 Å². The minimum atomic E-state index is -1.19. The number of carboxylic acids is 1. The van der Waals surface area contributed by atoms with Crippen molar-refractivity contribution in [2.75, 3.05) is 18.9 Å². The number of nitrogens with two attached hydrogens (primary N) is 2. The topological polar surface area (TPSA) is 203 Å². The summed E-state index contributed by atoms with van der Waals surface area (Å²) in [7, 11) is 0. The molecule has 8 N–H and O–H groups in total. The summed E-state index contributed by atoms with van der Waals surface area (Å²) in [6.07, 6.45) is -1.42. The summed E-state index contributed by atoms with van der Waals surface area (Å²) in [5, 5.41) is 36.3. The second kappa shape index (κ2) is 7.46. The Morgan fingerprint density at radius 1 is 1.29 bits per heavy atom. The predicted octanol–water partition coefficient (Wildman–Crippen LogP) is -2.95. The lowest BCUT2D eigenvalue weighted by Crippen LogP contribution is -2.33. The highest BCUT2D eigenvalue weighted by molar-refractivity contribution is 5.81. The Bertz CT molecular complexity index is 708. The molecule has 0 radical (unpaired) electrons. The summed E-state index contributed by atoms with van der Waals surface area (Å²) in [4.78, 5) is 21.1. The SMILES string of the molecule is NCC(=O)O.Nc1ncnc2c1ncn2[C@@H]1O[C@H](CO)[C@@H](O)[C@H]1O. The first-order valence-electron chi connectivity index (χ1n) is 6.88. The number of aliphatic hydroxyl groups excluding tert-OH is 3. The Balaban J connectivity index is 0.000000368. The number of fused-ring (bicyclic) bond motifs is 1. The molecule has 1 aliphatic rings. The minimum absolute atomic E-state index is 0.218. The third kappa shape index (κ3) is 3.42. The van der Waals surface area contributed by atoms with E-state index < -0.39 is 37.1 Å². The van der Waals surface area contributed by atoms with Crippen LogP contribution in [0.15, 0.2) is 12.7 Å². The van der Waals surface area contributed by atoms with E-state index in [1.54, 1.807) is 0 Å². The fraction of sp³-hybridized carbons (Fsp3) is 0.500. The first-order valence-corrected chi connectivity index (χ1v) is 6.88. The number of carboxylic acid groups (broad SMARTS) is 1. The molecule has 0 unspecified atom stereocenters. The van der Waals surface area contributed by atoms with E-state index in [9.17, 15) is 15.0 Å². The van der Waals surface area contributed by atoms with E-state index in [0.717, 1.165) is 0 Å². The Labute approximate surface area is 135 Å². The maximum absolute atomic E-state index is 9.95. The van der Waals surface area contributed by atoms with E-state index in [1.807, 2.05) is 0 Å². The van der Waals surface area contributed by atoms with Gasteiger partial charge >= 0.3 is 5.97 Å². The molecule has 0 bridgehead atoms. The number of imidazole rings is 1. The van der Waals surface area contributed by atoms with Crippen molar-refractivity contribution in [3.8, 4) is 0 Å². The van der Waals surface area contributed by atoms with Crippen LogP contribution >= 0.6 is 0 Å². The highest BCUT2D eigenvalue weighted by atomic mass is 16.6. The van der Waals surface area contributed by atoms with E-state index in [0.29, 0.717) is 11.2 Å². The molecule has 4 atom stereocenters. The molecule has 1 fully saturated rings. The number of nitrogen functional groups attached to an aromatic ring is 1. The van der Waals surface area contributed by atoms with Crippen LogP contribution in [0.1, 0.15) is 6.23 Å². The maximum Gasteiger partial charge on any atom is 0.317 e. The minimum Gasteiger partial charge on any atom is -0.480 e. The standard InChI is InChI=1S/C10H13N5O4.C2H5NO2/c11-8-5-9(13-2-12-8)15(3-14-5)10-7(18)6(17)4(1-16)19-10;3-1-2(4)5/h2-4,6-7,10,16-18H,1H2,(H2,11,12,13);1,3H2,(H,4,5)/t4-,6-,7-,10-;/m1./s1. The Morgan fingerprint density at radius 2 is 1.96 bits per heavy atom. The van der Waals surface area contributed by atoms with Crippen LogP contribution in [0.3, 0.4) is 0 Å². The fourth-order valence-electron chi connectivity index (χ4n) is 2.17. The molecule has 0 spiro atoms. The lowest BCUT2D eigenvalue weighted by atomic mass is 10.1. The number of hydrogen-bond donors (Lipinski definition) is 6. The van der Waals surface area contributed by atoms with Crippen molar-refractivity contribution in [1.29, 1.82) is 0 Å². The zero-order chi connectivity index (χ0) is 17.9. The molecule has 3 heterocycles. The van der Waals surface area contributed by atoms with Crippen molar-refractivity contribution in [2.45, 2.75) is 24.5 Å². The Hall–Kier alpha value is -2.38. The Morgan fingerprint density at radius 3 is 2.50 bits per heavy atom. The number of carbonyl (C=O) groups is 1. The zero-order valence-electron chi connectivity index (χ0n) is 12.4. The molecule has 12 nitrogen and oxygen atoms in total. The number of aliphatic hydroxyl groups is 3. The van der Waals surface area contributed by atoms with Crippen LogP contribution in [-0.4, -0.2) is 77.4 Å². The van der Waals surface area contributed by atoms with E-state index in [2.05, 4.69) is 20.7 Å². The van der Waals surface area contributed by atoms with Gasteiger partial charge in [-0.3, -0.25) is 9.36 Å². The molecule has 0 amide bonds. The first-order chi connectivity index (χ1) is 11.4. The summed E-state index contributed by atoms with van der Waals surface area (Å²) >= 11 is 0. The van der Waals surface area contributed by atoms with Gasteiger partial charge in [0.05, 0.1) is 19.5 Å². The van der Waals surface area contributed by atoms with Crippen LogP contribution < -0.4 is 11.5 Å². The maximum atomic E-state index is 9.95. The highest BCUT2D eigenvalue weighted by Crippen LogP contribution is 2.31. The molecule has 132 valence electrons. The number of ether oxygens (including phenoxy) is 1. The number of rotatable bonds is 3. The summed E-state index contributed by atoms with van der Waals surface area (Å²) in [5.41, 5.74) is 11.0. The quantitative estimate of drug-likeness (QED) is 0.332. The molecule has 0 saturated carbocycles. The zero-order valence-corrected chi connectivity index (χ0v) is 12.4. The van der Waals surface area contributed by atoms with Crippen molar-refractivity contribution < 1.29 is 30.0 Å². The summed E-state index contributed by atoms with van der Waals surface area (Å²) in [6, 6.07) is 0. The van der Waals surface area contributed by atoms with Gasteiger partial charge < -0.3 is 36.6 Å². The largest absolute Gasteiger partial charge is 0.480 e. The summed E-state index contributed by atoms with van der Waals surface area (Å²) < 4.78 is 6.85. The molecule has 12 heteroatoms. The molecule has 2 aromatic heterocycles. The van der Waals surface area contributed by atoms with Crippen molar-refractivity contribution >= 4 is 23.0 Å². The van der Waals surface area contributed by atoms with Crippen molar-refractivity contribution in [1.82, 2.24) is 19.5 Å². The molecule has 0 aromatic carbocycles. The highest BCUT2D eigenvalue weighted by Gasteiger charge is 2.43. The van der Waals surface area contributed by atoms with Gasteiger partial charge in [0.1, 0.15) is 30.2 Å². The van der Waals surface area contributed by atoms with Gasteiger partial charge in [0.25, 0.3) is 0 Å². The number of aliphatic carboxylic acids is 1. The van der Waals surface area contributed by atoms with E-state index in [4.69, 9.17) is 20.7 Å². The van der Waals surface area contributed by atoms with Crippen molar-refractivity contribution in [2.24, 2.45) is 5.73 Å². The van der Waals surface area contributed by atoms with Crippen LogP contribution in [-0.2, 0) is 9.53 Å². The first kappa shape index (κ1) is 18.0. The smallest absolute Gasteiger partial charge is 0.317 e. The van der Waals surface area contributed by atoms with Gasteiger partial charge in [0.2, 0.25) is 0 Å². The van der Waals surface area contributed by atoms with Crippen LogP contribution in [0.25, 0.3) is 11.2 Å². The fourth-order valence-corrected chi connectivity index (χ4v) is 2.17. The van der Waals surface area contributed by atoms with Crippen LogP contribution in [0.2, 0.25) is 0 Å². The van der Waals surface area contributed by atoms with Crippen LogP contribution in [0.4, 0.5) is 5.82 Å². The van der Waals surface area contributed by atoms with Crippen molar-refractivity contribution in [3.63, 3.8) is 0 Å². The molecule has 3 rings (SSSR count). The lowest BCUT2D eigenvalue weighted by Gasteiger charge is -2.16. The van der Waals surface area contributed by atoms with Crippen LogP contribution in [0, 0.1) is 0 Å². The average molecular weight is 342 g/mol. The third-order valence-corrected chi connectivity index (χ3v) is 3.35. The number of anilines is 1. The normalized spacial score (nSPS) is 26.2. The number of nitrogens with zero attached hydrogens (tertiary/aromatic N) is 4. The monoisotopic (exact) mass is 342 g/mol. The molecule has 1 saturated heterocycles. The molecule has 0 aliphatic carbocycles. The Kier molecular flexibility index (Phi) is 5.58. The summed E-state index contributed by atoms with van der Waals surface area (Å²) in [5.74, 6) is -0.750. The molecular formula is C12H18N6O6. The third-order valence-electron chi connectivity index (χ3n) is 3.35. The van der Waals surface area contributed by atoms with E-state index >= 15 is 0 Å². The van der Waals surface area contributed by atoms with Gasteiger partial charge in [-0.05, 0) is 0 Å². The second-order valence-electron chi connectivity index (χ2n) is 4.91. The van der Waals surface area contributed by atoms with Gasteiger partial charge in [-0.15, -0.1) is 0 Å². The van der Waals surface area contributed by atoms with Gasteiger partial charge in [-0.25, -0.2) is 15.0 Å². The van der Waals surface area contributed by atoms with E-state index in [-0.39, 0.29) is 12.4 Å².